The number of rotatable bonds is 6. The molecule has 2 N–H and O–H groups in total. The summed E-state index contributed by atoms with van der Waals surface area (Å²) >= 11 is 0.601. The number of aromatic amines is 1. The van der Waals surface area contributed by atoms with Crippen molar-refractivity contribution in [2.45, 2.75) is 6.92 Å². The smallest absolute Gasteiger partial charge is 0.413 e. The van der Waals surface area contributed by atoms with Crippen molar-refractivity contribution in [1.82, 2.24) is 13.7 Å². The van der Waals surface area contributed by atoms with Crippen LogP contribution in [0.1, 0.15) is 5.56 Å². The van der Waals surface area contributed by atoms with Crippen LogP contribution >= 0.6 is 11.9 Å². The van der Waals surface area contributed by atoms with Crippen LogP contribution in [0.2, 0.25) is 0 Å². The molecule has 3 rings (SSSR count). The zero-order valence-electron chi connectivity index (χ0n) is 17.5. The van der Waals surface area contributed by atoms with Crippen LogP contribution in [0.25, 0.3) is 11.0 Å². The molecule has 9 nitrogen and oxygen atoms in total. The molecule has 0 aliphatic carbocycles. The number of imidazole rings is 1. The van der Waals surface area contributed by atoms with Crippen molar-refractivity contribution in [2.75, 3.05) is 36.8 Å². The molecule has 0 unspecified atom stereocenters. The Morgan fingerprint density at radius 3 is 2.42 bits per heavy atom. The molecule has 1 aromatic heterocycles. The van der Waals surface area contributed by atoms with Crippen molar-refractivity contribution in [3.05, 3.63) is 54.1 Å². The number of anilines is 2. The van der Waals surface area contributed by atoms with Crippen LogP contribution in [-0.4, -0.2) is 55.4 Å². The number of benzene rings is 2. The Labute approximate surface area is 184 Å². The molecule has 0 spiro atoms. The van der Waals surface area contributed by atoms with Gasteiger partial charge in [0.25, 0.3) is 0 Å². The number of carbonyl (C=O) groups is 1. The summed E-state index contributed by atoms with van der Waals surface area (Å²) in [5.41, 5.74) is 3.27. The molecule has 1 amide bonds. The van der Waals surface area contributed by atoms with Crippen LogP contribution in [0.4, 0.5) is 20.8 Å². The summed E-state index contributed by atoms with van der Waals surface area (Å²) in [4.78, 5) is 17.9. The van der Waals surface area contributed by atoms with Crippen LogP contribution in [-0.2, 0) is 14.9 Å². The van der Waals surface area contributed by atoms with E-state index in [1.54, 1.807) is 12.1 Å². The maximum atomic E-state index is 12.1. The van der Waals surface area contributed by atoms with Crippen LogP contribution in [0.3, 0.4) is 0 Å². The summed E-state index contributed by atoms with van der Waals surface area (Å²) in [5, 5.41) is 2.45. The third-order valence-electron chi connectivity index (χ3n) is 4.09. The minimum atomic E-state index is -3.68. The molecule has 0 aliphatic rings. The van der Waals surface area contributed by atoms with E-state index in [1.165, 1.54) is 21.2 Å². The first-order valence-corrected chi connectivity index (χ1v) is 11.3. The quantitative estimate of drug-likeness (QED) is 0.530. The number of hydrogen-bond donors (Lipinski definition) is 2. The number of fused-ring (bicyclic) bond motifs is 1. The van der Waals surface area contributed by atoms with Gasteiger partial charge in [-0.15, -0.1) is 3.71 Å². The number of nitrogens with one attached hydrogen (secondary N) is 2. The number of alkyl halides is 1. The van der Waals surface area contributed by atoms with E-state index in [2.05, 4.69) is 20.0 Å². The highest BCUT2D eigenvalue weighted by Crippen LogP contribution is 2.22. The van der Waals surface area contributed by atoms with E-state index in [0.717, 1.165) is 24.6 Å². The lowest BCUT2D eigenvalue weighted by Crippen LogP contribution is -2.36. The Morgan fingerprint density at radius 1 is 1.19 bits per heavy atom. The van der Waals surface area contributed by atoms with Gasteiger partial charge in [0.15, 0.2) is 6.01 Å². The number of aromatic nitrogens is 2. The molecular formula is C19H24FN5O4S2. The number of aryl methyl sites for hydroxylation is 1. The lowest BCUT2D eigenvalue weighted by molar-refractivity contribution is 0.186. The Bertz CT molecular complexity index is 1070. The first-order chi connectivity index (χ1) is 14.7. The zero-order chi connectivity index (χ0) is 23.0. The predicted octanol–water partition coefficient (Wildman–Crippen LogP) is 3.92. The predicted molar refractivity (Wildman–Crippen MR) is 122 cm³/mol. The largest absolute Gasteiger partial charge is 0.453 e. The molecule has 0 atom stereocenters. The fourth-order valence-corrected chi connectivity index (χ4v) is 4.18. The molecule has 168 valence electrons. The second kappa shape index (κ2) is 11.0. The van der Waals surface area contributed by atoms with E-state index in [-0.39, 0.29) is 0 Å². The van der Waals surface area contributed by atoms with Crippen molar-refractivity contribution in [3.8, 4) is 0 Å². The van der Waals surface area contributed by atoms with Crippen molar-refractivity contribution in [1.29, 1.82) is 0 Å². The fraction of sp³-hybridized carbons (Fsp3) is 0.263. The van der Waals surface area contributed by atoms with Crippen molar-refractivity contribution in [3.63, 3.8) is 0 Å². The Balaban J connectivity index is 0.000000224. The van der Waals surface area contributed by atoms with Gasteiger partial charge in [-0.2, -0.15) is 8.42 Å². The highest BCUT2D eigenvalue weighted by molar-refractivity contribution is 8.08. The topological polar surface area (TPSA) is 108 Å². The number of hydrogen-bond acceptors (Lipinski definition) is 6. The molecule has 0 aliphatic heterocycles. The van der Waals surface area contributed by atoms with Gasteiger partial charge in [-0.25, -0.2) is 14.2 Å². The molecule has 0 saturated heterocycles. The first-order valence-electron chi connectivity index (χ1n) is 8.97. The van der Waals surface area contributed by atoms with Gasteiger partial charge in [0, 0.05) is 14.1 Å². The second-order valence-electron chi connectivity index (χ2n) is 6.18. The normalized spacial score (nSPS) is 11.0. The maximum absolute atomic E-state index is 12.1. The van der Waals surface area contributed by atoms with E-state index in [0.29, 0.717) is 23.6 Å². The Morgan fingerprint density at radius 2 is 1.84 bits per heavy atom. The molecular weight excluding hydrogens is 445 g/mol. The summed E-state index contributed by atoms with van der Waals surface area (Å²) in [6, 6.07) is 13.8. The number of para-hydroxylation sites is 2. The Kier molecular flexibility index (Phi) is 8.65. The monoisotopic (exact) mass is 469 g/mol. The van der Waals surface area contributed by atoms with Crippen molar-refractivity contribution < 1.29 is 22.3 Å². The third kappa shape index (κ3) is 6.57. The summed E-state index contributed by atoms with van der Waals surface area (Å²) in [6.45, 7) is 1.92. The van der Waals surface area contributed by atoms with Gasteiger partial charge in [0.1, 0.15) is 0 Å². The maximum Gasteiger partial charge on any atom is 0.413 e. The molecule has 3 aromatic rings. The van der Waals surface area contributed by atoms with Crippen LogP contribution in [0, 0.1) is 6.92 Å². The summed E-state index contributed by atoms with van der Waals surface area (Å²) in [7, 11) is 0.390. The summed E-state index contributed by atoms with van der Waals surface area (Å²) in [6.07, 6.45) is -0.538. The molecule has 31 heavy (non-hydrogen) atoms. The van der Waals surface area contributed by atoms with E-state index >= 15 is 0 Å². The standard InChI is InChI=1S/C10H15FN2O2S2.C9H9N3O2/c1-9-4-6-10(7-5-9)12(2)17(14,15)13(3)16-8-11;1-14-9(13)12-8-10-6-4-2-3-5-7(6)11-8/h4-7H,8H2,1-3H3;2-5H,1H3,(H2,10,11,12,13). The number of ether oxygens (including phenoxy) is 1. The molecule has 12 heteroatoms. The molecule has 2 aromatic carbocycles. The highest BCUT2D eigenvalue weighted by Gasteiger charge is 2.24. The van der Waals surface area contributed by atoms with Gasteiger partial charge in [-0.1, -0.05) is 29.8 Å². The molecule has 0 fully saturated rings. The average molecular weight is 470 g/mol. The lowest BCUT2D eigenvalue weighted by Gasteiger charge is -2.24. The molecule has 1 heterocycles. The lowest BCUT2D eigenvalue weighted by atomic mass is 10.2. The van der Waals surface area contributed by atoms with Crippen LogP contribution in [0.5, 0.6) is 0 Å². The average Bonchev–Trinajstić information content (AvgIpc) is 3.16. The van der Waals surface area contributed by atoms with Crippen molar-refractivity contribution in [2.24, 2.45) is 0 Å². The molecule has 0 saturated carbocycles. The van der Waals surface area contributed by atoms with E-state index in [1.807, 2.05) is 43.3 Å². The van der Waals surface area contributed by atoms with Crippen molar-refractivity contribution >= 4 is 50.9 Å². The third-order valence-corrected chi connectivity index (χ3v) is 6.99. The highest BCUT2D eigenvalue weighted by atomic mass is 32.3. The minimum absolute atomic E-state index is 0.387. The number of halogens is 1. The number of H-pyrrole nitrogens is 1. The number of nitrogens with zero attached hydrogens (tertiary/aromatic N) is 3. The number of amides is 1. The van der Waals surface area contributed by atoms with Gasteiger partial charge in [0.05, 0.1) is 23.8 Å². The summed E-state index contributed by atoms with van der Waals surface area (Å²) in [5.74, 6) is 0.387. The molecule has 0 bridgehead atoms. The zero-order valence-corrected chi connectivity index (χ0v) is 19.1. The first kappa shape index (κ1) is 24.4. The van der Waals surface area contributed by atoms with Gasteiger partial charge in [-0.3, -0.25) is 9.62 Å². The van der Waals surface area contributed by atoms with E-state index in [9.17, 15) is 17.6 Å². The molecule has 0 radical (unpaired) electrons. The Hall–Kier alpha value is -2.83. The second-order valence-corrected chi connectivity index (χ2v) is 9.42. The van der Waals surface area contributed by atoms with Gasteiger partial charge < -0.3 is 9.72 Å². The SMILES string of the molecule is COC(=O)Nc1nc2ccccc2[nH]1.Cc1ccc(N(C)S(=O)(=O)N(C)SCF)cc1. The van der Waals surface area contributed by atoms with Crippen LogP contribution < -0.4 is 9.62 Å². The van der Waals surface area contributed by atoms with Gasteiger partial charge in [0.2, 0.25) is 5.95 Å². The van der Waals surface area contributed by atoms with Gasteiger partial charge in [-0.05, 0) is 43.1 Å². The van der Waals surface area contributed by atoms with E-state index < -0.39 is 22.3 Å². The fourth-order valence-electron chi connectivity index (χ4n) is 2.36. The van der Waals surface area contributed by atoms with E-state index in [4.69, 9.17) is 0 Å². The van der Waals surface area contributed by atoms with Gasteiger partial charge >= 0.3 is 16.3 Å². The number of methoxy groups -OCH3 is 1. The van der Waals surface area contributed by atoms with Crippen LogP contribution in [0.15, 0.2) is 48.5 Å². The minimum Gasteiger partial charge on any atom is -0.453 e. The number of carbonyl (C=O) groups excluding carboxylic acids is 1. The summed E-state index contributed by atoms with van der Waals surface area (Å²) < 4.78 is 42.5.